The molecule has 1 rings (SSSR count). The second-order valence-corrected chi connectivity index (χ2v) is 1.62. The first-order chi connectivity index (χ1) is 3.30. The minimum atomic E-state index is 1.15. The maximum atomic E-state index is 2.89. The van der Waals surface area contributed by atoms with Gasteiger partial charge in [-0.15, -0.1) is 0 Å². The standard InChI is InChI=1S/C4H9N3/c1-3-4(2)6-7-5-3/h5-7H,1-2H3. The van der Waals surface area contributed by atoms with E-state index in [0.717, 1.165) is 11.4 Å². The van der Waals surface area contributed by atoms with Crippen LogP contribution in [0.3, 0.4) is 0 Å². The van der Waals surface area contributed by atoms with E-state index in [1.54, 1.807) is 0 Å². The van der Waals surface area contributed by atoms with Crippen LogP contribution in [-0.4, -0.2) is 0 Å². The van der Waals surface area contributed by atoms with Gasteiger partial charge in [-0.1, -0.05) is 0 Å². The number of rotatable bonds is 0. The van der Waals surface area contributed by atoms with Gasteiger partial charge in [0.1, 0.15) is 0 Å². The summed E-state index contributed by atoms with van der Waals surface area (Å²) in [4.78, 5) is 0. The molecule has 0 aromatic rings. The van der Waals surface area contributed by atoms with Gasteiger partial charge in [0.25, 0.3) is 0 Å². The first kappa shape index (κ1) is 4.46. The Balaban J connectivity index is 2.64. The predicted molar refractivity (Wildman–Crippen MR) is 27.8 cm³/mol. The molecule has 0 aliphatic carbocycles. The monoisotopic (exact) mass is 99.1 g/mol. The normalized spacial score (nSPS) is 19.1. The SMILES string of the molecule is CC1=C(C)NNN1. The molecular weight excluding hydrogens is 90.1 g/mol. The summed E-state index contributed by atoms with van der Waals surface area (Å²) in [6.07, 6.45) is 0. The lowest BCUT2D eigenvalue weighted by molar-refractivity contribution is 0.590. The third-order valence-electron chi connectivity index (χ3n) is 1.06. The lowest BCUT2D eigenvalue weighted by Gasteiger charge is -1.91. The zero-order chi connectivity index (χ0) is 5.28. The van der Waals surface area contributed by atoms with Gasteiger partial charge in [0.15, 0.2) is 0 Å². The van der Waals surface area contributed by atoms with E-state index < -0.39 is 0 Å². The van der Waals surface area contributed by atoms with Crippen molar-refractivity contribution >= 4 is 0 Å². The second-order valence-electron chi connectivity index (χ2n) is 1.62. The molecule has 7 heavy (non-hydrogen) atoms. The highest BCUT2D eigenvalue weighted by Crippen LogP contribution is 1.95. The van der Waals surface area contributed by atoms with Gasteiger partial charge in [0.05, 0.1) is 0 Å². The fourth-order valence-corrected chi connectivity index (χ4v) is 0.406. The quantitative estimate of drug-likeness (QED) is 0.395. The summed E-state index contributed by atoms with van der Waals surface area (Å²) in [6.45, 7) is 4.00. The molecule has 3 heteroatoms. The zero-order valence-corrected chi connectivity index (χ0v) is 4.50. The average Bonchev–Trinajstić information content (AvgIpc) is 1.91. The maximum absolute atomic E-state index is 2.89. The van der Waals surface area contributed by atoms with Gasteiger partial charge >= 0.3 is 0 Å². The third kappa shape index (κ3) is 0.667. The van der Waals surface area contributed by atoms with Crippen LogP contribution < -0.4 is 16.4 Å². The van der Waals surface area contributed by atoms with E-state index in [-0.39, 0.29) is 0 Å². The number of nitrogens with one attached hydrogen (secondary N) is 3. The van der Waals surface area contributed by atoms with Gasteiger partial charge in [0.2, 0.25) is 0 Å². The predicted octanol–water partition coefficient (Wildman–Crippen LogP) is -0.150. The summed E-state index contributed by atoms with van der Waals surface area (Å²) in [5.74, 6) is 0. The average molecular weight is 99.1 g/mol. The van der Waals surface area contributed by atoms with Crippen molar-refractivity contribution in [3.63, 3.8) is 0 Å². The Labute approximate surface area is 42.7 Å². The fraction of sp³-hybridized carbons (Fsp3) is 0.500. The Kier molecular flexibility index (Phi) is 0.906. The summed E-state index contributed by atoms with van der Waals surface area (Å²) < 4.78 is 0. The van der Waals surface area contributed by atoms with Crippen LogP contribution in [0.4, 0.5) is 0 Å². The van der Waals surface area contributed by atoms with Gasteiger partial charge < -0.3 is 10.9 Å². The Morgan fingerprint density at radius 3 is 1.57 bits per heavy atom. The Bertz CT molecular complexity index is 93.5. The first-order valence-electron chi connectivity index (χ1n) is 2.25. The van der Waals surface area contributed by atoms with Gasteiger partial charge in [-0.2, -0.15) is 5.53 Å². The molecule has 0 amide bonds. The van der Waals surface area contributed by atoms with E-state index in [2.05, 4.69) is 16.4 Å². The van der Waals surface area contributed by atoms with E-state index in [1.165, 1.54) is 0 Å². The van der Waals surface area contributed by atoms with Gasteiger partial charge in [0, 0.05) is 11.4 Å². The van der Waals surface area contributed by atoms with Crippen LogP contribution in [0, 0.1) is 0 Å². The lowest BCUT2D eigenvalue weighted by atomic mass is 10.4. The van der Waals surface area contributed by atoms with Crippen molar-refractivity contribution in [2.75, 3.05) is 0 Å². The van der Waals surface area contributed by atoms with Crippen LogP contribution in [0.2, 0.25) is 0 Å². The Morgan fingerprint density at radius 1 is 1.00 bits per heavy atom. The topological polar surface area (TPSA) is 36.1 Å². The number of hydrazine groups is 2. The molecule has 0 saturated heterocycles. The van der Waals surface area contributed by atoms with E-state index >= 15 is 0 Å². The Morgan fingerprint density at radius 2 is 1.43 bits per heavy atom. The van der Waals surface area contributed by atoms with Crippen molar-refractivity contribution in [1.29, 1.82) is 0 Å². The molecule has 0 fully saturated rings. The molecule has 0 saturated carbocycles. The van der Waals surface area contributed by atoms with Gasteiger partial charge in [-0.3, -0.25) is 0 Å². The molecule has 1 aliphatic heterocycles. The summed E-state index contributed by atoms with van der Waals surface area (Å²) in [5, 5.41) is 0. The molecular formula is C4H9N3. The van der Waals surface area contributed by atoms with E-state index in [0.29, 0.717) is 0 Å². The summed E-state index contributed by atoms with van der Waals surface area (Å²) >= 11 is 0. The molecule has 0 aromatic carbocycles. The second kappa shape index (κ2) is 1.42. The minimum absolute atomic E-state index is 1.15. The highest BCUT2D eigenvalue weighted by molar-refractivity contribution is 5.07. The van der Waals surface area contributed by atoms with Crippen LogP contribution >= 0.6 is 0 Å². The lowest BCUT2D eigenvalue weighted by Crippen LogP contribution is -2.32. The molecule has 0 aromatic heterocycles. The van der Waals surface area contributed by atoms with Crippen molar-refractivity contribution < 1.29 is 0 Å². The van der Waals surface area contributed by atoms with Gasteiger partial charge in [-0.05, 0) is 13.8 Å². The van der Waals surface area contributed by atoms with Gasteiger partial charge in [-0.25, -0.2) is 0 Å². The van der Waals surface area contributed by atoms with Crippen LogP contribution in [0.5, 0.6) is 0 Å². The van der Waals surface area contributed by atoms with E-state index in [1.807, 2.05) is 13.8 Å². The molecule has 1 heterocycles. The summed E-state index contributed by atoms with van der Waals surface area (Å²) in [5.41, 5.74) is 10.8. The molecule has 3 N–H and O–H groups in total. The maximum Gasteiger partial charge on any atom is 0.0449 e. The van der Waals surface area contributed by atoms with Crippen molar-refractivity contribution in [2.24, 2.45) is 0 Å². The van der Waals surface area contributed by atoms with Crippen molar-refractivity contribution in [2.45, 2.75) is 13.8 Å². The molecule has 0 unspecified atom stereocenters. The largest absolute Gasteiger partial charge is 0.307 e. The number of allylic oxidation sites excluding steroid dienone is 2. The number of hydrogen-bond acceptors (Lipinski definition) is 3. The fourth-order valence-electron chi connectivity index (χ4n) is 0.406. The van der Waals surface area contributed by atoms with Crippen LogP contribution in [0.25, 0.3) is 0 Å². The first-order valence-corrected chi connectivity index (χ1v) is 2.25. The third-order valence-corrected chi connectivity index (χ3v) is 1.06. The van der Waals surface area contributed by atoms with Crippen LogP contribution in [-0.2, 0) is 0 Å². The van der Waals surface area contributed by atoms with Crippen molar-refractivity contribution in [1.82, 2.24) is 16.4 Å². The molecule has 3 nitrogen and oxygen atoms in total. The zero-order valence-electron chi connectivity index (χ0n) is 4.50. The summed E-state index contributed by atoms with van der Waals surface area (Å²) in [7, 11) is 0. The highest BCUT2D eigenvalue weighted by atomic mass is 15.6. The minimum Gasteiger partial charge on any atom is -0.307 e. The highest BCUT2D eigenvalue weighted by Gasteiger charge is 1.99. The molecule has 40 valence electrons. The summed E-state index contributed by atoms with van der Waals surface area (Å²) in [6, 6.07) is 0. The van der Waals surface area contributed by atoms with E-state index in [4.69, 9.17) is 0 Å². The van der Waals surface area contributed by atoms with Crippen LogP contribution in [0.15, 0.2) is 11.4 Å². The smallest absolute Gasteiger partial charge is 0.0449 e. The molecule has 0 radical (unpaired) electrons. The number of hydrogen-bond donors (Lipinski definition) is 3. The molecule has 0 atom stereocenters. The van der Waals surface area contributed by atoms with Crippen LogP contribution in [0.1, 0.15) is 13.8 Å². The molecule has 1 aliphatic rings. The molecule has 0 spiro atoms. The van der Waals surface area contributed by atoms with E-state index in [9.17, 15) is 0 Å². The molecule has 0 bridgehead atoms. The van der Waals surface area contributed by atoms with Crippen molar-refractivity contribution in [3.8, 4) is 0 Å². The van der Waals surface area contributed by atoms with Crippen molar-refractivity contribution in [3.05, 3.63) is 11.4 Å². The Hall–Kier alpha value is -0.700.